The monoisotopic (exact) mass is 381 g/mol. The predicted octanol–water partition coefficient (Wildman–Crippen LogP) is 5.19. The van der Waals surface area contributed by atoms with E-state index in [9.17, 15) is 4.79 Å². The fourth-order valence-corrected chi connectivity index (χ4v) is 3.84. The average Bonchev–Trinajstić information content (AvgIpc) is 2.57. The van der Waals surface area contributed by atoms with Crippen molar-refractivity contribution in [3.05, 3.63) is 58.7 Å². The van der Waals surface area contributed by atoms with Gasteiger partial charge in [-0.25, -0.2) is 0 Å². The molecule has 2 atom stereocenters. The quantitative estimate of drug-likeness (QED) is 0.775. The first-order chi connectivity index (χ1) is 13.2. The third-order valence-electron chi connectivity index (χ3n) is 5.08. The fraction of sp³-hybridized carbons (Fsp3) is 0.458. The molecule has 0 aromatic heterocycles. The Labute approximate surface area is 168 Å². The molecule has 0 unspecified atom stereocenters. The Hall–Kier alpha value is -2.49. The van der Waals surface area contributed by atoms with E-state index in [0.717, 1.165) is 40.2 Å². The van der Waals surface area contributed by atoms with Gasteiger partial charge in [-0.15, -0.1) is 0 Å². The molecule has 3 rings (SSSR count). The number of benzene rings is 2. The molecular weight excluding hydrogens is 350 g/mol. The van der Waals surface area contributed by atoms with Gasteiger partial charge in [0.05, 0.1) is 6.04 Å². The highest BCUT2D eigenvalue weighted by atomic mass is 16.5. The van der Waals surface area contributed by atoms with E-state index in [1.54, 1.807) is 0 Å². The van der Waals surface area contributed by atoms with Crippen molar-refractivity contribution in [2.45, 2.75) is 72.1 Å². The van der Waals surface area contributed by atoms with Crippen LogP contribution in [0.25, 0.3) is 0 Å². The van der Waals surface area contributed by atoms with Gasteiger partial charge in [-0.05, 0) is 75.9 Å². The highest BCUT2D eigenvalue weighted by Crippen LogP contribution is 2.40. The molecule has 0 bridgehead atoms. The van der Waals surface area contributed by atoms with E-state index in [4.69, 9.17) is 9.47 Å². The minimum atomic E-state index is -0.527. The van der Waals surface area contributed by atoms with Crippen molar-refractivity contribution in [3.63, 3.8) is 0 Å². The molecule has 150 valence electrons. The van der Waals surface area contributed by atoms with E-state index in [1.807, 2.05) is 45.9 Å². The van der Waals surface area contributed by atoms with E-state index in [2.05, 4.69) is 37.4 Å². The summed E-state index contributed by atoms with van der Waals surface area (Å²) in [7, 11) is 0. The zero-order chi connectivity index (χ0) is 20.5. The zero-order valence-electron chi connectivity index (χ0n) is 17.8. The summed E-state index contributed by atoms with van der Waals surface area (Å²) < 4.78 is 12.2. The predicted molar refractivity (Wildman–Crippen MR) is 112 cm³/mol. The number of nitrogens with one attached hydrogen (secondary N) is 1. The van der Waals surface area contributed by atoms with Gasteiger partial charge in [0.25, 0.3) is 5.91 Å². The normalized spacial score (nSPS) is 18.6. The SMILES string of the molecule is CC[C@H](Oc1cc(C)cc(C)c1)C(=O)N[C@@H]1CC(C)(C)Oc2cc(C)ccc21. The summed E-state index contributed by atoms with van der Waals surface area (Å²) in [4.78, 5) is 13.0. The number of carbonyl (C=O) groups excluding carboxylic acids is 1. The van der Waals surface area contributed by atoms with E-state index in [0.29, 0.717) is 6.42 Å². The van der Waals surface area contributed by atoms with Crippen molar-refractivity contribution in [1.29, 1.82) is 0 Å². The molecule has 0 saturated carbocycles. The Morgan fingerprint density at radius 3 is 2.46 bits per heavy atom. The Bertz CT molecular complexity index is 852. The number of ether oxygens (including phenoxy) is 2. The van der Waals surface area contributed by atoms with Crippen LogP contribution >= 0.6 is 0 Å². The summed E-state index contributed by atoms with van der Waals surface area (Å²) in [5.74, 6) is 1.50. The first-order valence-electron chi connectivity index (χ1n) is 10.0. The van der Waals surface area contributed by atoms with Crippen LogP contribution in [-0.2, 0) is 4.79 Å². The van der Waals surface area contributed by atoms with Crippen LogP contribution in [0.4, 0.5) is 0 Å². The standard InChI is InChI=1S/C24H31NO3/c1-7-21(27-18-11-16(3)10-17(4)12-18)23(26)25-20-14-24(5,6)28-22-13-15(2)8-9-19(20)22/h8-13,20-21H,7,14H2,1-6H3,(H,25,26)/t20-,21+/m1/s1. The first-order valence-corrected chi connectivity index (χ1v) is 10.0. The molecular formula is C24H31NO3. The second-order valence-corrected chi connectivity index (χ2v) is 8.51. The summed E-state index contributed by atoms with van der Waals surface area (Å²) in [6.07, 6.45) is 0.794. The van der Waals surface area contributed by atoms with Crippen LogP contribution in [0.3, 0.4) is 0 Å². The number of fused-ring (bicyclic) bond motifs is 1. The Morgan fingerprint density at radius 1 is 1.14 bits per heavy atom. The minimum absolute atomic E-state index is 0.0871. The summed E-state index contributed by atoms with van der Waals surface area (Å²) in [6.45, 7) is 12.2. The minimum Gasteiger partial charge on any atom is -0.487 e. The highest BCUT2D eigenvalue weighted by molar-refractivity contribution is 5.81. The van der Waals surface area contributed by atoms with Gasteiger partial charge in [-0.1, -0.05) is 25.1 Å². The number of carbonyl (C=O) groups is 1. The number of amides is 1. The van der Waals surface area contributed by atoms with Crippen LogP contribution in [-0.4, -0.2) is 17.6 Å². The molecule has 0 saturated heterocycles. The van der Waals surface area contributed by atoms with Crippen molar-refractivity contribution in [3.8, 4) is 11.5 Å². The number of hydrogen-bond acceptors (Lipinski definition) is 3. The van der Waals surface area contributed by atoms with Gasteiger partial charge in [0.15, 0.2) is 6.10 Å². The van der Waals surface area contributed by atoms with E-state index in [1.165, 1.54) is 0 Å². The van der Waals surface area contributed by atoms with Crippen LogP contribution in [0.5, 0.6) is 11.5 Å². The number of hydrogen-bond donors (Lipinski definition) is 1. The molecule has 1 heterocycles. The van der Waals surface area contributed by atoms with E-state index in [-0.39, 0.29) is 17.6 Å². The van der Waals surface area contributed by atoms with Gasteiger partial charge in [0.1, 0.15) is 17.1 Å². The van der Waals surface area contributed by atoms with Crippen molar-refractivity contribution in [1.82, 2.24) is 5.32 Å². The van der Waals surface area contributed by atoms with Crippen molar-refractivity contribution >= 4 is 5.91 Å². The van der Waals surface area contributed by atoms with Crippen LogP contribution in [0.15, 0.2) is 36.4 Å². The van der Waals surface area contributed by atoms with Crippen LogP contribution < -0.4 is 14.8 Å². The van der Waals surface area contributed by atoms with Crippen LogP contribution in [0, 0.1) is 20.8 Å². The lowest BCUT2D eigenvalue weighted by Gasteiger charge is -2.38. The fourth-order valence-electron chi connectivity index (χ4n) is 3.84. The lowest BCUT2D eigenvalue weighted by molar-refractivity contribution is -0.129. The van der Waals surface area contributed by atoms with Gasteiger partial charge < -0.3 is 14.8 Å². The lowest BCUT2D eigenvalue weighted by Crippen LogP contribution is -2.45. The maximum Gasteiger partial charge on any atom is 0.261 e. The molecule has 0 fully saturated rings. The van der Waals surface area contributed by atoms with Crippen LogP contribution in [0.2, 0.25) is 0 Å². The Balaban J connectivity index is 1.78. The number of aryl methyl sites for hydroxylation is 3. The molecule has 2 aromatic carbocycles. The molecule has 1 aliphatic heterocycles. The topological polar surface area (TPSA) is 47.6 Å². The molecule has 4 nitrogen and oxygen atoms in total. The van der Waals surface area contributed by atoms with E-state index < -0.39 is 6.10 Å². The highest BCUT2D eigenvalue weighted by Gasteiger charge is 2.35. The van der Waals surface area contributed by atoms with Crippen molar-refractivity contribution in [2.75, 3.05) is 0 Å². The molecule has 0 aliphatic carbocycles. The second kappa shape index (κ2) is 7.86. The smallest absolute Gasteiger partial charge is 0.261 e. The Kier molecular flexibility index (Phi) is 5.69. The summed E-state index contributed by atoms with van der Waals surface area (Å²) in [6, 6.07) is 12.1. The average molecular weight is 382 g/mol. The molecule has 1 N–H and O–H groups in total. The zero-order valence-corrected chi connectivity index (χ0v) is 17.8. The summed E-state index contributed by atoms with van der Waals surface area (Å²) >= 11 is 0. The summed E-state index contributed by atoms with van der Waals surface area (Å²) in [5.41, 5.74) is 4.08. The van der Waals surface area contributed by atoms with Gasteiger partial charge in [-0.3, -0.25) is 4.79 Å². The molecule has 0 spiro atoms. The first kappa shape index (κ1) is 20.2. The van der Waals surface area contributed by atoms with Gasteiger partial charge in [0, 0.05) is 12.0 Å². The summed E-state index contributed by atoms with van der Waals surface area (Å²) in [5, 5.41) is 3.21. The molecule has 2 aromatic rings. The lowest BCUT2D eigenvalue weighted by atomic mass is 9.89. The van der Waals surface area contributed by atoms with Crippen LogP contribution in [0.1, 0.15) is 61.9 Å². The number of rotatable bonds is 5. The maximum absolute atomic E-state index is 13.0. The Morgan fingerprint density at radius 2 is 1.82 bits per heavy atom. The molecule has 1 aliphatic rings. The molecule has 4 heteroatoms. The molecule has 0 radical (unpaired) electrons. The molecule has 28 heavy (non-hydrogen) atoms. The van der Waals surface area contributed by atoms with Crippen molar-refractivity contribution in [2.24, 2.45) is 0 Å². The third kappa shape index (κ3) is 4.67. The van der Waals surface area contributed by atoms with Gasteiger partial charge in [-0.2, -0.15) is 0 Å². The third-order valence-corrected chi connectivity index (χ3v) is 5.08. The van der Waals surface area contributed by atoms with Gasteiger partial charge in [0.2, 0.25) is 0 Å². The maximum atomic E-state index is 13.0. The van der Waals surface area contributed by atoms with Gasteiger partial charge >= 0.3 is 0 Å². The van der Waals surface area contributed by atoms with Crippen molar-refractivity contribution < 1.29 is 14.3 Å². The van der Waals surface area contributed by atoms with E-state index >= 15 is 0 Å². The second-order valence-electron chi connectivity index (χ2n) is 8.51. The largest absolute Gasteiger partial charge is 0.487 e. The molecule has 1 amide bonds.